The molecule has 0 saturated heterocycles. The van der Waals surface area contributed by atoms with Gasteiger partial charge in [0.25, 0.3) is 0 Å². The van der Waals surface area contributed by atoms with Crippen LogP contribution in [0.2, 0.25) is 0 Å². The summed E-state index contributed by atoms with van der Waals surface area (Å²) in [6, 6.07) is 4.33. The molecule has 146 valence electrons. The molecule has 5 heterocycles. The van der Waals surface area contributed by atoms with Gasteiger partial charge in [-0.25, -0.2) is 4.98 Å². The molecule has 0 radical (unpaired) electrons. The maximum atomic E-state index is 13.1. The second-order valence-corrected chi connectivity index (χ2v) is 6.73. The summed E-state index contributed by atoms with van der Waals surface area (Å²) in [5.41, 5.74) is 3.57. The number of imidazole rings is 1. The summed E-state index contributed by atoms with van der Waals surface area (Å²) in [5, 5.41) is 8.53. The minimum absolute atomic E-state index is 0.254. The number of rotatable bonds is 3. The Morgan fingerprint density at radius 3 is 2.55 bits per heavy atom. The monoisotopic (exact) mass is 397 g/mol. The van der Waals surface area contributed by atoms with Gasteiger partial charge in [0.2, 0.25) is 0 Å². The second kappa shape index (κ2) is 6.16. The normalized spacial score (nSPS) is 12.3. The van der Waals surface area contributed by atoms with Crippen molar-refractivity contribution in [3.63, 3.8) is 0 Å². The van der Waals surface area contributed by atoms with Gasteiger partial charge in [-0.1, -0.05) is 0 Å². The number of hydrogen-bond acceptors (Lipinski definition) is 4. The van der Waals surface area contributed by atoms with E-state index in [1.54, 1.807) is 34.2 Å². The summed E-state index contributed by atoms with van der Waals surface area (Å²) in [4.78, 5) is 8.63. The predicted octanol–water partition coefficient (Wildman–Crippen LogP) is 3.55. The molecule has 0 bridgehead atoms. The van der Waals surface area contributed by atoms with Gasteiger partial charge < -0.3 is 4.40 Å². The zero-order valence-corrected chi connectivity index (χ0v) is 15.2. The van der Waals surface area contributed by atoms with Crippen LogP contribution in [0.4, 0.5) is 13.2 Å². The Hall–Kier alpha value is -3.69. The number of aryl methyl sites for hydroxylation is 1. The lowest BCUT2D eigenvalue weighted by molar-refractivity contribution is -0.137. The van der Waals surface area contributed by atoms with E-state index in [4.69, 9.17) is 0 Å². The van der Waals surface area contributed by atoms with E-state index >= 15 is 0 Å². The number of halogens is 3. The second-order valence-electron chi connectivity index (χ2n) is 6.73. The van der Waals surface area contributed by atoms with Gasteiger partial charge in [-0.3, -0.25) is 14.3 Å². The van der Waals surface area contributed by atoms with Crippen molar-refractivity contribution >= 4 is 16.7 Å². The Morgan fingerprint density at radius 2 is 1.79 bits per heavy atom. The number of pyridine rings is 2. The SMILES string of the molecule is Cn1cc(-c2cnc3cnn(Cc4cnc5ccc(C(F)(F)F)cn45)c3c2)cn1. The first-order chi connectivity index (χ1) is 13.9. The molecular weight excluding hydrogens is 383 g/mol. The summed E-state index contributed by atoms with van der Waals surface area (Å²) in [6.45, 7) is 0.254. The Bertz CT molecular complexity index is 1340. The van der Waals surface area contributed by atoms with Gasteiger partial charge in [-0.05, 0) is 18.2 Å². The summed E-state index contributed by atoms with van der Waals surface area (Å²) in [6.07, 6.45) is 5.20. The van der Waals surface area contributed by atoms with Crippen LogP contribution in [0.25, 0.3) is 27.8 Å². The average molecular weight is 397 g/mol. The quantitative estimate of drug-likeness (QED) is 0.467. The van der Waals surface area contributed by atoms with E-state index in [1.165, 1.54) is 10.5 Å². The summed E-state index contributed by atoms with van der Waals surface area (Å²) in [5.74, 6) is 0. The lowest BCUT2D eigenvalue weighted by Crippen LogP contribution is -2.08. The minimum Gasteiger partial charge on any atom is -0.302 e. The van der Waals surface area contributed by atoms with Crippen molar-refractivity contribution in [2.75, 3.05) is 0 Å². The highest BCUT2D eigenvalue weighted by Crippen LogP contribution is 2.29. The van der Waals surface area contributed by atoms with Gasteiger partial charge in [0, 0.05) is 36.8 Å². The van der Waals surface area contributed by atoms with E-state index in [9.17, 15) is 13.2 Å². The molecule has 29 heavy (non-hydrogen) atoms. The molecule has 0 aliphatic rings. The molecular formula is C19H14F3N7. The van der Waals surface area contributed by atoms with Crippen LogP contribution >= 0.6 is 0 Å². The number of fused-ring (bicyclic) bond motifs is 2. The number of aromatic nitrogens is 7. The molecule has 0 aromatic carbocycles. The highest BCUT2D eigenvalue weighted by molar-refractivity contribution is 5.80. The first-order valence-corrected chi connectivity index (χ1v) is 8.72. The van der Waals surface area contributed by atoms with Crippen molar-refractivity contribution in [2.45, 2.75) is 12.7 Å². The maximum Gasteiger partial charge on any atom is 0.417 e. The van der Waals surface area contributed by atoms with Crippen LogP contribution in [0.3, 0.4) is 0 Å². The summed E-state index contributed by atoms with van der Waals surface area (Å²) >= 11 is 0. The topological polar surface area (TPSA) is 65.8 Å². The van der Waals surface area contributed by atoms with E-state index in [0.717, 1.165) is 28.9 Å². The average Bonchev–Trinajstić information content (AvgIpc) is 3.40. The van der Waals surface area contributed by atoms with Crippen LogP contribution in [0.15, 0.2) is 55.4 Å². The van der Waals surface area contributed by atoms with Gasteiger partial charge in [-0.2, -0.15) is 23.4 Å². The van der Waals surface area contributed by atoms with E-state index in [0.29, 0.717) is 16.9 Å². The first kappa shape index (κ1) is 17.4. The van der Waals surface area contributed by atoms with Crippen LogP contribution < -0.4 is 0 Å². The van der Waals surface area contributed by atoms with Gasteiger partial charge in [-0.15, -0.1) is 0 Å². The maximum absolute atomic E-state index is 13.1. The van der Waals surface area contributed by atoms with E-state index in [2.05, 4.69) is 20.2 Å². The standard InChI is InChI=1S/C19H14F3N7/c1-27-9-13(6-25-27)12-4-17-16(23-5-12)8-26-29(17)11-15-7-24-18-3-2-14(10-28(15)18)19(20,21)22/h2-10H,11H2,1H3. The van der Waals surface area contributed by atoms with Crippen LogP contribution in [0.5, 0.6) is 0 Å². The van der Waals surface area contributed by atoms with Crippen LogP contribution in [-0.2, 0) is 19.8 Å². The van der Waals surface area contributed by atoms with Crippen molar-refractivity contribution < 1.29 is 13.2 Å². The van der Waals surface area contributed by atoms with Gasteiger partial charge in [0.15, 0.2) is 0 Å². The molecule has 0 saturated carbocycles. The van der Waals surface area contributed by atoms with E-state index in [-0.39, 0.29) is 6.54 Å². The number of nitrogens with zero attached hydrogens (tertiary/aromatic N) is 7. The fourth-order valence-corrected chi connectivity index (χ4v) is 3.28. The lowest BCUT2D eigenvalue weighted by atomic mass is 10.1. The number of alkyl halides is 3. The summed E-state index contributed by atoms with van der Waals surface area (Å²) in [7, 11) is 1.83. The molecule has 0 N–H and O–H groups in total. The Labute approximate surface area is 162 Å². The van der Waals surface area contributed by atoms with Crippen LogP contribution in [0.1, 0.15) is 11.3 Å². The highest BCUT2D eigenvalue weighted by Gasteiger charge is 2.31. The van der Waals surface area contributed by atoms with Gasteiger partial charge in [0.1, 0.15) is 11.2 Å². The van der Waals surface area contributed by atoms with Gasteiger partial charge >= 0.3 is 6.18 Å². The Balaban J connectivity index is 1.56. The highest BCUT2D eigenvalue weighted by atomic mass is 19.4. The zero-order chi connectivity index (χ0) is 20.2. The van der Waals surface area contributed by atoms with E-state index < -0.39 is 11.7 Å². The van der Waals surface area contributed by atoms with E-state index in [1.807, 2.05) is 19.3 Å². The molecule has 5 rings (SSSR count). The fraction of sp³-hybridized carbons (Fsp3) is 0.158. The first-order valence-electron chi connectivity index (χ1n) is 8.72. The number of hydrogen-bond donors (Lipinski definition) is 0. The molecule has 5 aromatic rings. The molecule has 0 spiro atoms. The van der Waals surface area contributed by atoms with Crippen molar-refractivity contribution in [1.29, 1.82) is 0 Å². The van der Waals surface area contributed by atoms with Crippen molar-refractivity contribution in [3.8, 4) is 11.1 Å². The smallest absolute Gasteiger partial charge is 0.302 e. The molecule has 0 fully saturated rings. The molecule has 5 aromatic heterocycles. The lowest BCUT2D eigenvalue weighted by Gasteiger charge is -2.09. The minimum atomic E-state index is -4.42. The molecule has 0 unspecified atom stereocenters. The fourth-order valence-electron chi connectivity index (χ4n) is 3.28. The van der Waals surface area contributed by atoms with Gasteiger partial charge in [0.05, 0.1) is 41.9 Å². The largest absolute Gasteiger partial charge is 0.417 e. The third-order valence-electron chi connectivity index (χ3n) is 4.75. The van der Waals surface area contributed by atoms with Crippen molar-refractivity contribution in [1.82, 2.24) is 33.9 Å². The molecule has 0 amide bonds. The molecule has 0 aliphatic carbocycles. The van der Waals surface area contributed by atoms with Crippen LogP contribution in [0, 0.1) is 0 Å². The third kappa shape index (κ3) is 3.02. The van der Waals surface area contributed by atoms with Crippen molar-refractivity contribution in [3.05, 3.63) is 66.6 Å². The Morgan fingerprint density at radius 1 is 0.931 bits per heavy atom. The zero-order valence-electron chi connectivity index (χ0n) is 15.2. The summed E-state index contributed by atoms with van der Waals surface area (Å²) < 4.78 is 44.1. The molecule has 10 heteroatoms. The molecule has 0 aliphatic heterocycles. The van der Waals surface area contributed by atoms with Crippen molar-refractivity contribution in [2.24, 2.45) is 7.05 Å². The van der Waals surface area contributed by atoms with Crippen LogP contribution in [-0.4, -0.2) is 33.9 Å². The predicted molar refractivity (Wildman–Crippen MR) is 99.0 cm³/mol. The Kier molecular flexibility index (Phi) is 3.70. The molecule has 7 nitrogen and oxygen atoms in total. The third-order valence-corrected chi connectivity index (χ3v) is 4.75. The molecule has 0 atom stereocenters.